The summed E-state index contributed by atoms with van der Waals surface area (Å²) in [6.45, 7) is 1.23. The van der Waals surface area contributed by atoms with Crippen LogP contribution in [0.5, 0.6) is 0 Å². The van der Waals surface area contributed by atoms with E-state index in [2.05, 4.69) is 0 Å². The lowest BCUT2D eigenvalue weighted by Crippen LogP contribution is -2.34. The van der Waals surface area contributed by atoms with Gasteiger partial charge in [0.15, 0.2) is 11.6 Å². The van der Waals surface area contributed by atoms with Crippen molar-refractivity contribution in [3.63, 3.8) is 0 Å². The van der Waals surface area contributed by atoms with Crippen LogP contribution in [0, 0.1) is 11.6 Å². The van der Waals surface area contributed by atoms with E-state index in [1.807, 2.05) is 0 Å². The molecule has 0 bridgehead atoms. The maximum atomic E-state index is 13.3. The van der Waals surface area contributed by atoms with Crippen LogP contribution in [-0.4, -0.2) is 29.9 Å². The number of hydrogen-bond acceptors (Lipinski definition) is 3. The highest BCUT2D eigenvalue weighted by Gasteiger charge is 2.31. The Morgan fingerprint density at radius 3 is 2.28 bits per heavy atom. The van der Waals surface area contributed by atoms with E-state index in [-0.39, 0.29) is 11.5 Å². The van der Waals surface area contributed by atoms with E-state index in [1.54, 1.807) is 35.2 Å². The number of amides is 1. The lowest BCUT2D eigenvalue weighted by Gasteiger charge is -2.23. The number of carbonyl (C=O) groups is 2. The number of hydrogen-bond donors (Lipinski definition) is 0. The molecule has 0 radical (unpaired) electrons. The van der Waals surface area contributed by atoms with Crippen molar-refractivity contribution in [2.75, 3.05) is 13.1 Å². The maximum absolute atomic E-state index is 13.3. The fourth-order valence-electron chi connectivity index (χ4n) is 2.79. The zero-order valence-corrected chi connectivity index (χ0v) is 13.5. The normalized spacial score (nSPS) is 15.0. The second kappa shape index (κ2) is 7.42. The number of nitrogens with zero attached hydrogens (tertiary/aromatic N) is 1. The number of rotatable bonds is 4. The van der Waals surface area contributed by atoms with Crippen LogP contribution >= 0.6 is 0 Å². The first-order valence-corrected chi connectivity index (χ1v) is 8.06. The molecule has 0 aliphatic carbocycles. The van der Waals surface area contributed by atoms with E-state index >= 15 is 0 Å². The summed E-state index contributed by atoms with van der Waals surface area (Å²) in [6, 6.07) is 11.4. The molecule has 1 aliphatic heterocycles. The SMILES string of the molecule is O=C(O[C@@H](C(=O)N1CCCC1)c1ccccc1)c1ccc(F)c(F)c1. The van der Waals surface area contributed by atoms with Gasteiger partial charge in [0, 0.05) is 18.7 Å². The van der Waals surface area contributed by atoms with Gasteiger partial charge in [-0.05, 0) is 31.0 Å². The summed E-state index contributed by atoms with van der Waals surface area (Å²) in [5.41, 5.74) is 0.393. The molecule has 2 aromatic rings. The molecular formula is C19H17F2NO3. The Morgan fingerprint density at radius 2 is 1.64 bits per heavy atom. The molecule has 6 heteroatoms. The van der Waals surface area contributed by atoms with Gasteiger partial charge in [-0.2, -0.15) is 0 Å². The summed E-state index contributed by atoms with van der Waals surface area (Å²) in [4.78, 5) is 26.7. The number of carbonyl (C=O) groups excluding carboxylic acids is 2. The molecule has 0 aromatic heterocycles. The van der Waals surface area contributed by atoms with E-state index in [1.165, 1.54) is 0 Å². The fraction of sp³-hybridized carbons (Fsp3) is 0.263. The van der Waals surface area contributed by atoms with Crippen LogP contribution in [0.3, 0.4) is 0 Å². The van der Waals surface area contributed by atoms with Gasteiger partial charge in [-0.15, -0.1) is 0 Å². The third kappa shape index (κ3) is 3.84. The second-order valence-corrected chi connectivity index (χ2v) is 5.86. The number of benzene rings is 2. The highest BCUT2D eigenvalue weighted by Crippen LogP contribution is 2.24. The average molecular weight is 345 g/mol. The topological polar surface area (TPSA) is 46.6 Å². The van der Waals surface area contributed by atoms with Crippen LogP contribution in [0.2, 0.25) is 0 Å². The highest BCUT2D eigenvalue weighted by molar-refractivity contribution is 5.92. The zero-order valence-electron chi connectivity index (χ0n) is 13.5. The molecule has 1 heterocycles. The molecule has 1 saturated heterocycles. The highest BCUT2D eigenvalue weighted by atomic mass is 19.2. The van der Waals surface area contributed by atoms with Crippen LogP contribution in [0.4, 0.5) is 8.78 Å². The van der Waals surface area contributed by atoms with Crippen LogP contribution in [-0.2, 0) is 9.53 Å². The van der Waals surface area contributed by atoms with Crippen molar-refractivity contribution < 1.29 is 23.1 Å². The van der Waals surface area contributed by atoms with Gasteiger partial charge in [0.1, 0.15) is 0 Å². The van der Waals surface area contributed by atoms with E-state index in [9.17, 15) is 18.4 Å². The van der Waals surface area contributed by atoms with Gasteiger partial charge in [0.2, 0.25) is 6.10 Å². The van der Waals surface area contributed by atoms with Crippen LogP contribution in [0.15, 0.2) is 48.5 Å². The summed E-state index contributed by atoms with van der Waals surface area (Å²) < 4.78 is 31.8. The minimum Gasteiger partial charge on any atom is -0.444 e. The Balaban J connectivity index is 1.85. The minimum atomic E-state index is -1.14. The zero-order chi connectivity index (χ0) is 17.8. The molecule has 3 rings (SSSR count). The second-order valence-electron chi connectivity index (χ2n) is 5.86. The number of halogens is 2. The lowest BCUT2D eigenvalue weighted by atomic mass is 10.1. The Bertz CT molecular complexity index is 773. The van der Waals surface area contributed by atoms with E-state index < -0.39 is 23.7 Å². The summed E-state index contributed by atoms with van der Waals surface area (Å²) in [5.74, 6) is -3.37. The molecule has 0 spiro atoms. The fourth-order valence-corrected chi connectivity index (χ4v) is 2.79. The van der Waals surface area contributed by atoms with Crippen molar-refractivity contribution in [1.29, 1.82) is 0 Å². The first-order valence-electron chi connectivity index (χ1n) is 8.06. The van der Waals surface area contributed by atoms with Crippen molar-refractivity contribution in [3.05, 3.63) is 71.3 Å². The number of esters is 1. The molecule has 2 aromatic carbocycles. The van der Waals surface area contributed by atoms with E-state index in [4.69, 9.17) is 4.74 Å². The molecule has 0 N–H and O–H groups in total. The third-order valence-corrected chi connectivity index (χ3v) is 4.12. The Hall–Kier alpha value is -2.76. The van der Waals surface area contributed by atoms with Gasteiger partial charge >= 0.3 is 5.97 Å². The molecule has 1 aliphatic rings. The molecule has 130 valence electrons. The standard InChI is InChI=1S/C19H17F2NO3/c20-15-9-8-14(12-16(15)21)19(24)25-17(13-6-2-1-3-7-13)18(23)22-10-4-5-11-22/h1-3,6-9,12,17H,4-5,10-11H2/t17-/m1/s1. The lowest BCUT2D eigenvalue weighted by molar-refractivity contribution is -0.140. The Morgan fingerprint density at radius 1 is 0.960 bits per heavy atom. The van der Waals surface area contributed by atoms with Crippen molar-refractivity contribution in [2.24, 2.45) is 0 Å². The maximum Gasteiger partial charge on any atom is 0.339 e. The monoisotopic (exact) mass is 345 g/mol. The van der Waals surface area contributed by atoms with Crippen molar-refractivity contribution in [1.82, 2.24) is 4.90 Å². The molecule has 1 amide bonds. The summed E-state index contributed by atoms with van der Waals surface area (Å²) in [7, 11) is 0. The third-order valence-electron chi connectivity index (χ3n) is 4.12. The number of likely N-dealkylation sites (tertiary alicyclic amines) is 1. The van der Waals surface area contributed by atoms with Crippen molar-refractivity contribution in [3.8, 4) is 0 Å². The molecule has 0 saturated carbocycles. The summed E-state index contributed by atoms with van der Waals surface area (Å²) in [6.07, 6.45) is 0.703. The van der Waals surface area contributed by atoms with Gasteiger partial charge in [0.25, 0.3) is 5.91 Å². The largest absolute Gasteiger partial charge is 0.444 e. The first-order chi connectivity index (χ1) is 12.1. The van der Waals surface area contributed by atoms with E-state index in [0.29, 0.717) is 18.7 Å². The Labute approximate surface area is 144 Å². The molecule has 25 heavy (non-hydrogen) atoms. The van der Waals surface area contributed by atoms with Gasteiger partial charge in [0.05, 0.1) is 5.56 Å². The first kappa shape index (κ1) is 17.1. The molecule has 1 fully saturated rings. The molecule has 1 atom stereocenters. The van der Waals surface area contributed by atoms with Gasteiger partial charge < -0.3 is 9.64 Å². The molecule has 0 unspecified atom stereocenters. The quantitative estimate of drug-likeness (QED) is 0.797. The van der Waals surface area contributed by atoms with Gasteiger partial charge in [-0.25, -0.2) is 13.6 Å². The minimum absolute atomic E-state index is 0.144. The number of ether oxygens (including phenoxy) is 1. The van der Waals surface area contributed by atoms with Crippen molar-refractivity contribution >= 4 is 11.9 Å². The Kier molecular flexibility index (Phi) is 5.07. The van der Waals surface area contributed by atoms with Gasteiger partial charge in [-0.3, -0.25) is 4.79 Å². The predicted molar refractivity (Wildman–Crippen MR) is 86.8 cm³/mol. The van der Waals surface area contributed by atoms with Gasteiger partial charge in [-0.1, -0.05) is 30.3 Å². The predicted octanol–water partition coefficient (Wildman–Crippen LogP) is 3.49. The summed E-state index contributed by atoms with van der Waals surface area (Å²) >= 11 is 0. The summed E-state index contributed by atoms with van der Waals surface area (Å²) in [5, 5.41) is 0. The average Bonchev–Trinajstić information content (AvgIpc) is 3.16. The van der Waals surface area contributed by atoms with Crippen LogP contribution in [0.25, 0.3) is 0 Å². The van der Waals surface area contributed by atoms with Crippen LogP contribution < -0.4 is 0 Å². The van der Waals surface area contributed by atoms with E-state index in [0.717, 1.165) is 31.0 Å². The smallest absolute Gasteiger partial charge is 0.339 e. The van der Waals surface area contributed by atoms with Crippen LogP contribution in [0.1, 0.15) is 34.9 Å². The molecule has 4 nitrogen and oxygen atoms in total. The molecular weight excluding hydrogens is 328 g/mol. The van der Waals surface area contributed by atoms with Crippen molar-refractivity contribution in [2.45, 2.75) is 18.9 Å².